The van der Waals surface area contributed by atoms with E-state index >= 15 is 0 Å². The van der Waals surface area contributed by atoms with E-state index < -0.39 is 11.9 Å². The number of aliphatic hydroxyl groups is 1. The molecule has 1 fully saturated rings. The van der Waals surface area contributed by atoms with Crippen LogP contribution in [0.3, 0.4) is 0 Å². The number of hydrogen-bond donors (Lipinski definition) is 2. The van der Waals surface area contributed by atoms with Gasteiger partial charge in [-0.15, -0.1) is 0 Å². The van der Waals surface area contributed by atoms with Gasteiger partial charge < -0.3 is 24.6 Å². The van der Waals surface area contributed by atoms with E-state index in [2.05, 4.69) is 4.90 Å². The van der Waals surface area contributed by atoms with E-state index in [1.54, 1.807) is 30.3 Å². The number of nitrogens with zero attached hydrogens (tertiary/aromatic N) is 1. The Balaban J connectivity index is 1.61. The molecule has 0 saturated carbocycles. The Kier molecular flexibility index (Phi) is 6.09. The van der Waals surface area contributed by atoms with Gasteiger partial charge in [-0.2, -0.15) is 0 Å². The maximum atomic E-state index is 12.5. The van der Waals surface area contributed by atoms with Gasteiger partial charge >= 0.3 is 11.9 Å². The van der Waals surface area contributed by atoms with Crippen LogP contribution in [0.2, 0.25) is 0 Å². The Bertz CT molecular complexity index is 1140. The zero-order valence-corrected chi connectivity index (χ0v) is 17.5. The standard InChI is InChI=1S/C25H23NO6/c1-31-25(30)21-6-3-7-22(23(21)17-4-2-5-18(12-17)24(28)29)26-13-20(14-26)32-19-10-8-16(15-27)9-11-19/h2-12,20,27H,13-15H2,1H3,(H,28,29). The summed E-state index contributed by atoms with van der Waals surface area (Å²) in [5.74, 6) is -0.794. The van der Waals surface area contributed by atoms with Gasteiger partial charge in [0, 0.05) is 11.3 Å². The van der Waals surface area contributed by atoms with Gasteiger partial charge in [-0.25, -0.2) is 9.59 Å². The van der Waals surface area contributed by atoms with Crippen LogP contribution in [-0.4, -0.2) is 48.5 Å². The Morgan fingerprint density at radius 2 is 1.75 bits per heavy atom. The number of aromatic carboxylic acids is 1. The third-order valence-corrected chi connectivity index (χ3v) is 5.44. The fourth-order valence-corrected chi connectivity index (χ4v) is 3.77. The number of carboxylic acids is 1. The lowest BCUT2D eigenvalue weighted by atomic mass is 9.94. The number of anilines is 1. The SMILES string of the molecule is COC(=O)c1cccc(N2CC(Oc3ccc(CO)cc3)C2)c1-c1cccc(C(=O)O)c1. The summed E-state index contributed by atoms with van der Waals surface area (Å²) in [6.07, 6.45) is -0.0324. The number of esters is 1. The van der Waals surface area contributed by atoms with Crippen LogP contribution in [-0.2, 0) is 11.3 Å². The van der Waals surface area contributed by atoms with Crippen LogP contribution in [0.4, 0.5) is 5.69 Å². The van der Waals surface area contributed by atoms with Crippen LogP contribution in [0.25, 0.3) is 11.1 Å². The van der Waals surface area contributed by atoms with Crippen molar-refractivity contribution in [3.05, 3.63) is 83.4 Å². The molecule has 32 heavy (non-hydrogen) atoms. The number of hydrogen-bond acceptors (Lipinski definition) is 6. The first-order chi connectivity index (χ1) is 15.5. The molecule has 0 amide bonds. The smallest absolute Gasteiger partial charge is 0.338 e. The molecule has 3 aromatic carbocycles. The quantitative estimate of drug-likeness (QED) is 0.550. The van der Waals surface area contributed by atoms with Gasteiger partial charge in [-0.05, 0) is 47.5 Å². The number of ether oxygens (including phenoxy) is 2. The Morgan fingerprint density at radius 1 is 1.03 bits per heavy atom. The second-order valence-electron chi connectivity index (χ2n) is 7.52. The topological polar surface area (TPSA) is 96.3 Å². The van der Waals surface area contributed by atoms with Crippen molar-refractivity contribution in [1.82, 2.24) is 0 Å². The van der Waals surface area contributed by atoms with Crippen molar-refractivity contribution in [1.29, 1.82) is 0 Å². The molecular formula is C25H23NO6. The van der Waals surface area contributed by atoms with Crippen LogP contribution < -0.4 is 9.64 Å². The molecule has 1 aliphatic heterocycles. The highest BCUT2D eigenvalue weighted by Crippen LogP contribution is 2.37. The van der Waals surface area contributed by atoms with Crippen LogP contribution in [0.1, 0.15) is 26.3 Å². The molecule has 1 saturated heterocycles. The number of aliphatic hydroxyl groups excluding tert-OH is 1. The van der Waals surface area contributed by atoms with Crippen molar-refractivity contribution >= 4 is 17.6 Å². The van der Waals surface area contributed by atoms with E-state index in [1.807, 2.05) is 30.3 Å². The highest BCUT2D eigenvalue weighted by atomic mass is 16.5. The van der Waals surface area contributed by atoms with Crippen LogP contribution in [0, 0.1) is 0 Å². The third kappa shape index (κ3) is 4.29. The molecule has 0 atom stereocenters. The molecule has 164 valence electrons. The maximum absolute atomic E-state index is 12.5. The first-order valence-electron chi connectivity index (χ1n) is 10.2. The predicted octanol–water partition coefficient (Wildman–Crippen LogP) is 3.60. The van der Waals surface area contributed by atoms with Gasteiger partial charge in [-0.1, -0.05) is 30.3 Å². The maximum Gasteiger partial charge on any atom is 0.338 e. The van der Waals surface area contributed by atoms with Crippen molar-refractivity contribution < 1.29 is 29.3 Å². The van der Waals surface area contributed by atoms with Crippen LogP contribution in [0.5, 0.6) is 5.75 Å². The fourth-order valence-electron chi connectivity index (χ4n) is 3.77. The molecule has 7 heteroatoms. The van der Waals surface area contributed by atoms with Gasteiger partial charge in [-0.3, -0.25) is 0 Å². The lowest BCUT2D eigenvalue weighted by Crippen LogP contribution is -2.54. The Morgan fingerprint density at radius 3 is 2.41 bits per heavy atom. The Hall–Kier alpha value is -3.84. The summed E-state index contributed by atoms with van der Waals surface area (Å²) in [4.78, 5) is 26.0. The van der Waals surface area contributed by atoms with Gasteiger partial charge in [0.05, 0.1) is 37.9 Å². The van der Waals surface area contributed by atoms with Gasteiger partial charge in [0.15, 0.2) is 0 Å². The molecule has 0 aliphatic carbocycles. The first-order valence-corrected chi connectivity index (χ1v) is 10.2. The molecule has 0 spiro atoms. The monoisotopic (exact) mass is 433 g/mol. The summed E-state index contributed by atoms with van der Waals surface area (Å²) in [7, 11) is 1.32. The molecule has 0 unspecified atom stereocenters. The van der Waals surface area contributed by atoms with Gasteiger partial charge in [0.25, 0.3) is 0 Å². The van der Waals surface area contributed by atoms with E-state index in [0.29, 0.717) is 29.8 Å². The lowest BCUT2D eigenvalue weighted by Gasteiger charge is -2.42. The molecule has 7 nitrogen and oxygen atoms in total. The van der Waals surface area contributed by atoms with Gasteiger partial charge in [0.1, 0.15) is 11.9 Å². The average Bonchev–Trinajstić information content (AvgIpc) is 2.80. The number of carbonyl (C=O) groups is 2. The second-order valence-corrected chi connectivity index (χ2v) is 7.52. The summed E-state index contributed by atoms with van der Waals surface area (Å²) < 4.78 is 11.0. The van der Waals surface area contributed by atoms with Gasteiger partial charge in [0.2, 0.25) is 0 Å². The van der Waals surface area contributed by atoms with Crippen molar-refractivity contribution in [3.63, 3.8) is 0 Å². The normalized spacial score (nSPS) is 13.4. The van der Waals surface area contributed by atoms with E-state index in [4.69, 9.17) is 14.6 Å². The first kappa shape index (κ1) is 21.4. The number of methoxy groups -OCH3 is 1. The summed E-state index contributed by atoms with van der Waals surface area (Å²) >= 11 is 0. The molecule has 0 bridgehead atoms. The second kappa shape index (κ2) is 9.11. The summed E-state index contributed by atoms with van der Waals surface area (Å²) in [6.45, 7) is 1.20. The van der Waals surface area contributed by atoms with E-state index in [1.165, 1.54) is 13.2 Å². The third-order valence-electron chi connectivity index (χ3n) is 5.44. The van der Waals surface area contributed by atoms with Crippen LogP contribution in [0.15, 0.2) is 66.7 Å². The average molecular weight is 433 g/mol. The summed E-state index contributed by atoms with van der Waals surface area (Å²) in [6, 6.07) is 19.2. The molecule has 2 N–H and O–H groups in total. The van der Waals surface area contributed by atoms with E-state index in [-0.39, 0.29) is 18.3 Å². The molecule has 3 aromatic rings. The largest absolute Gasteiger partial charge is 0.487 e. The summed E-state index contributed by atoms with van der Waals surface area (Å²) in [5, 5.41) is 18.6. The fraction of sp³-hybridized carbons (Fsp3) is 0.200. The number of carbonyl (C=O) groups excluding carboxylic acids is 1. The van der Waals surface area contributed by atoms with E-state index in [0.717, 1.165) is 17.0 Å². The molecular weight excluding hydrogens is 410 g/mol. The minimum absolute atomic E-state index is 0.0140. The zero-order valence-electron chi connectivity index (χ0n) is 17.5. The number of benzene rings is 3. The van der Waals surface area contributed by atoms with Crippen molar-refractivity contribution in [2.45, 2.75) is 12.7 Å². The molecule has 1 aliphatic rings. The van der Waals surface area contributed by atoms with Crippen molar-refractivity contribution in [3.8, 4) is 16.9 Å². The minimum atomic E-state index is -1.03. The Labute approximate surface area is 185 Å². The highest BCUT2D eigenvalue weighted by molar-refractivity contribution is 6.02. The highest BCUT2D eigenvalue weighted by Gasteiger charge is 2.32. The molecule has 0 aromatic heterocycles. The van der Waals surface area contributed by atoms with Crippen LogP contribution >= 0.6 is 0 Å². The molecule has 4 rings (SSSR count). The van der Waals surface area contributed by atoms with Crippen molar-refractivity contribution in [2.24, 2.45) is 0 Å². The summed E-state index contributed by atoms with van der Waals surface area (Å²) in [5.41, 5.74) is 3.41. The minimum Gasteiger partial charge on any atom is -0.487 e. The number of rotatable bonds is 7. The predicted molar refractivity (Wildman–Crippen MR) is 119 cm³/mol. The zero-order chi connectivity index (χ0) is 22.7. The van der Waals surface area contributed by atoms with E-state index in [9.17, 15) is 14.7 Å². The molecule has 1 heterocycles. The lowest BCUT2D eigenvalue weighted by molar-refractivity contribution is 0.0600. The number of carboxylic acid groups (broad SMARTS) is 1. The molecule has 0 radical (unpaired) electrons. The van der Waals surface area contributed by atoms with Crippen molar-refractivity contribution in [2.75, 3.05) is 25.1 Å².